The summed E-state index contributed by atoms with van der Waals surface area (Å²) in [6.07, 6.45) is 0.784. The van der Waals surface area contributed by atoms with Crippen molar-refractivity contribution in [3.63, 3.8) is 0 Å². The third kappa shape index (κ3) is 3.78. The maximum Gasteiger partial charge on any atom is 0.145 e. The number of rotatable bonds is 4. The van der Waals surface area contributed by atoms with Crippen molar-refractivity contribution < 1.29 is 8.78 Å². The van der Waals surface area contributed by atoms with Gasteiger partial charge in [-0.25, -0.2) is 8.78 Å². The molecule has 0 spiro atoms. The minimum atomic E-state index is -0.681. The summed E-state index contributed by atoms with van der Waals surface area (Å²) in [5, 5.41) is 0.0871. The van der Waals surface area contributed by atoms with E-state index in [0.717, 1.165) is 5.56 Å². The van der Waals surface area contributed by atoms with Crippen molar-refractivity contribution in [3.8, 4) is 0 Å². The summed E-state index contributed by atoms with van der Waals surface area (Å²) in [6, 6.07) is 11.1. The highest BCUT2D eigenvalue weighted by Crippen LogP contribution is 2.23. The lowest BCUT2D eigenvalue weighted by molar-refractivity contribution is 0.450. The number of benzene rings is 2. The van der Waals surface area contributed by atoms with E-state index in [4.69, 9.17) is 17.3 Å². The Labute approximate surface area is 122 Å². The molecule has 106 valence electrons. The van der Waals surface area contributed by atoms with Crippen molar-refractivity contribution in [3.05, 3.63) is 70.2 Å². The lowest BCUT2D eigenvalue weighted by Gasteiger charge is -2.25. The molecule has 2 rings (SSSR count). The molecule has 0 bridgehead atoms. The van der Waals surface area contributed by atoms with Gasteiger partial charge in [0, 0.05) is 5.54 Å². The molecule has 0 radical (unpaired) electrons. The van der Waals surface area contributed by atoms with E-state index >= 15 is 0 Å². The molecule has 0 aliphatic rings. The van der Waals surface area contributed by atoms with Crippen LogP contribution in [-0.2, 0) is 12.8 Å². The highest BCUT2D eigenvalue weighted by molar-refractivity contribution is 6.30. The van der Waals surface area contributed by atoms with E-state index in [2.05, 4.69) is 0 Å². The zero-order valence-electron chi connectivity index (χ0n) is 11.2. The summed E-state index contributed by atoms with van der Waals surface area (Å²) in [5.74, 6) is -0.739. The molecule has 0 heterocycles. The molecule has 4 heteroatoms. The molecule has 2 aromatic rings. The Morgan fingerprint density at radius 1 is 1.10 bits per heavy atom. The van der Waals surface area contributed by atoms with Crippen LogP contribution in [0, 0.1) is 11.6 Å². The fraction of sp³-hybridized carbons (Fsp3) is 0.250. The number of hydrogen-bond acceptors (Lipinski definition) is 1. The van der Waals surface area contributed by atoms with Gasteiger partial charge in [-0.3, -0.25) is 0 Å². The first-order chi connectivity index (χ1) is 9.37. The Kier molecular flexibility index (Phi) is 4.41. The van der Waals surface area contributed by atoms with Crippen molar-refractivity contribution in [2.24, 2.45) is 5.73 Å². The van der Waals surface area contributed by atoms with Gasteiger partial charge in [-0.15, -0.1) is 0 Å². The summed E-state index contributed by atoms with van der Waals surface area (Å²) < 4.78 is 27.1. The molecule has 2 N–H and O–H groups in total. The Morgan fingerprint density at radius 2 is 1.80 bits per heavy atom. The summed E-state index contributed by atoms with van der Waals surface area (Å²) in [7, 11) is 0. The topological polar surface area (TPSA) is 26.0 Å². The molecule has 0 aromatic heterocycles. The minimum absolute atomic E-state index is 0.0871. The fourth-order valence-corrected chi connectivity index (χ4v) is 2.49. The normalized spacial score (nSPS) is 14.1. The van der Waals surface area contributed by atoms with E-state index in [-0.39, 0.29) is 10.8 Å². The molecule has 0 aliphatic heterocycles. The molecular weight excluding hydrogens is 280 g/mol. The molecule has 1 nitrogen and oxygen atoms in total. The van der Waals surface area contributed by atoms with Crippen molar-refractivity contribution >= 4 is 11.6 Å². The van der Waals surface area contributed by atoms with Gasteiger partial charge in [0.05, 0.1) is 5.02 Å². The second kappa shape index (κ2) is 5.90. The Balaban J connectivity index is 2.16. The van der Waals surface area contributed by atoms with Gasteiger partial charge in [0.25, 0.3) is 0 Å². The van der Waals surface area contributed by atoms with E-state index in [1.807, 2.05) is 13.0 Å². The standard InChI is InChI=1S/C16H16ClF2N/c1-16(20,9-11-4-2-6-13(18)8-11)10-12-5-3-7-14(17)15(12)19/h2-8H,9-10,20H2,1H3. The predicted molar refractivity (Wildman–Crippen MR) is 77.8 cm³/mol. The van der Waals surface area contributed by atoms with Crippen LogP contribution in [-0.4, -0.2) is 5.54 Å². The van der Waals surface area contributed by atoms with E-state index in [1.165, 1.54) is 18.2 Å². The van der Waals surface area contributed by atoms with Crippen LogP contribution >= 0.6 is 11.6 Å². The van der Waals surface area contributed by atoms with Crippen LogP contribution in [0.2, 0.25) is 5.02 Å². The zero-order chi connectivity index (χ0) is 14.8. The van der Waals surface area contributed by atoms with Crippen molar-refractivity contribution in [2.45, 2.75) is 25.3 Å². The summed E-state index contributed by atoms with van der Waals surface area (Å²) in [5.41, 5.74) is 6.80. The largest absolute Gasteiger partial charge is 0.325 e. The molecule has 0 fully saturated rings. The van der Waals surface area contributed by atoms with Gasteiger partial charge < -0.3 is 5.73 Å². The van der Waals surface area contributed by atoms with Gasteiger partial charge in [-0.05, 0) is 49.1 Å². The minimum Gasteiger partial charge on any atom is -0.325 e. The van der Waals surface area contributed by atoms with Crippen molar-refractivity contribution in [1.82, 2.24) is 0 Å². The fourth-order valence-electron chi connectivity index (χ4n) is 2.30. The molecule has 0 aliphatic carbocycles. The maximum atomic E-state index is 13.9. The van der Waals surface area contributed by atoms with Crippen molar-refractivity contribution in [2.75, 3.05) is 0 Å². The number of nitrogens with two attached hydrogens (primary N) is 1. The first-order valence-electron chi connectivity index (χ1n) is 6.34. The van der Waals surface area contributed by atoms with Crippen LogP contribution in [0.1, 0.15) is 18.1 Å². The van der Waals surface area contributed by atoms with Crippen LogP contribution in [0.15, 0.2) is 42.5 Å². The lowest BCUT2D eigenvalue weighted by atomic mass is 9.87. The van der Waals surface area contributed by atoms with Crippen LogP contribution < -0.4 is 5.73 Å². The summed E-state index contributed by atoms with van der Waals surface area (Å²) in [4.78, 5) is 0. The lowest BCUT2D eigenvalue weighted by Crippen LogP contribution is -2.41. The molecule has 0 saturated carbocycles. The average molecular weight is 296 g/mol. The highest BCUT2D eigenvalue weighted by Gasteiger charge is 2.22. The summed E-state index contributed by atoms with van der Waals surface area (Å²) >= 11 is 5.76. The van der Waals surface area contributed by atoms with Gasteiger partial charge >= 0.3 is 0 Å². The molecule has 2 aromatic carbocycles. The second-order valence-corrected chi connectivity index (χ2v) is 5.76. The van der Waals surface area contributed by atoms with Gasteiger partial charge in [0.2, 0.25) is 0 Å². The van der Waals surface area contributed by atoms with E-state index < -0.39 is 11.4 Å². The zero-order valence-corrected chi connectivity index (χ0v) is 11.9. The first kappa shape index (κ1) is 14.9. The monoisotopic (exact) mass is 295 g/mol. The molecule has 1 unspecified atom stereocenters. The molecule has 0 amide bonds. The van der Waals surface area contributed by atoms with Gasteiger partial charge in [-0.2, -0.15) is 0 Å². The Hall–Kier alpha value is -1.45. The third-order valence-electron chi connectivity index (χ3n) is 3.12. The molecule has 0 saturated heterocycles. The van der Waals surface area contributed by atoms with Gasteiger partial charge in [0.1, 0.15) is 11.6 Å². The average Bonchev–Trinajstić information content (AvgIpc) is 2.34. The van der Waals surface area contributed by atoms with E-state index in [1.54, 1.807) is 18.2 Å². The van der Waals surface area contributed by atoms with Crippen LogP contribution in [0.5, 0.6) is 0 Å². The van der Waals surface area contributed by atoms with Gasteiger partial charge in [0.15, 0.2) is 0 Å². The SMILES string of the molecule is CC(N)(Cc1cccc(F)c1)Cc1cccc(Cl)c1F. The van der Waals surface area contributed by atoms with Crippen LogP contribution in [0.25, 0.3) is 0 Å². The summed E-state index contributed by atoms with van der Waals surface area (Å²) in [6.45, 7) is 1.82. The smallest absolute Gasteiger partial charge is 0.145 e. The van der Waals surface area contributed by atoms with Crippen LogP contribution in [0.3, 0.4) is 0 Å². The molecule has 20 heavy (non-hydrogen) atoms. The van der Waals surface area contributed by atoms with Crippen LogP contribution in [0.4, 0.5) is 8.78 Å². The second-order valence-electron chi connectivity index (χ2n) is 5.35. The van der Waals surface area contributed by atoms with E-state index in [9.17, 15) is 8.78 Å². The molecule has 1 atom stereocenters. The third-order valence-corrected chi connectivity index (χ3v) is 3.41. The van der Waals surface area contributed by atoms with Crippen molar-refractivity contribution in [1.29, 1.82) is 0 Å². The highest BCUT2D eigenvalue weighted by atomic mass is 35.5. The first-order valence-corrected chi connectivity index (χ1v) is 6.71. The Bertz CT molecular complexity index is 611. The predicted octanol–water partition coefficient (Wildman–Crippen LogP) is 4.12. The molecular formula is C16H16ClF2N. The Morgan fingerprint density at radius 3 is 2.50 bits per heavy atom. The number of hydrogen-bond donors (Lipinski definition) is 1. The van der Waals surface area contributed by atoms with E-state index in [0.29, 0.717) is 18.4 Å². The maximum absolute atomic E-state index is 13.9. The van der Waals surface area contributed by atoms with Gasteiger partial charge in [-0.1, -0.05) is 35.9 Å². The number of halogens is 3. The quantitative estimate of drug-likeness (QED) is 0.902.